The monoisotopic (exact) mass is 147 g/mol. The Kier molecular flexibility index (Phi) is 3.16. The van der Waals surface area contributed by atoms with E-state index < -0.39 is 11.6 Å². The molecule has 0 aliphatic rings. The third-order valence-electron chi connectivity index (χ3n) is 1.16. The Bertz CT molecular complexity index is 180. The molecule has 2 unspecified atom stereocenters. The van der Waals surface area contributed by atoms with Crippen LogP contribution in [-0.4, -0.2) is 16.7 Å². The number of hydrogen-bond acceptors (Lipinski definition) is 3. The van der Waals surface area contributed by atoms with Crippen LogP contribution in [0.1, 0.15) is 13.8 Å². The van der Waals surface area contributed by atoms with Crippen molar-refractivity contribution in [3.05, 3.63) is 0 Å². The van der Waals surface area contributed by atoms with Gasteiger partial charge in [-0.05, 0) is 0 Å². The van der Waals surface area contributed by atoms with Gasteiger partial charge >= 0.3 is 54.4 Å². The zero-order valence-electron chi connectivity index (χ0n) is 5.46. The van der Waals surface area contributed by atoms with Gasteiger partial charge < -0.3 is 0 Å². The Morgan fingerprint density at radius 1 is 1.89 bits per heavy atom. The summed E-state index contributed by atoms with van der Waals surface area (Å²) in [5.74, 6) is 0. The second kappa shape index (κ2) is 3.19. The van der Waals surface area contributed by atoms with E-state index in [0.717, 1.165) is 0 Å². The topological polar surface area (TPSA) is 63.3 Å². The normalized spacial score (nSPS) is 19.6. The van der Waals surface area contributed by atoms with E-state index in [9.17, 15) is 4.57 Å². The summed E-state index contributed by atoms with van der Waals surface area (Å²) in [7, 11) is -0.311. The molecule has 4 heteroatoms. The van der Waals surface area contributed by atoms with Crippen molar-refractivity contribution in [2.75, 3.05) is 0 Å². The summed E-state index contributed by atoms with van der Waals surface area (Å²) in [5, 5.41) is 9.15. The van der Waals surface area contributed by atoms with Crippen molar-refractivity contribution in [2.45, 2.75) is 25.5 Å². The Labute approximate surface area is 55.4 Å². The van der Waals surface area contributed by atoms with Gasteiger partial charge in [0.25, 0.3) is 0 Å². The van der Waals surface area contributed by atoms with Crippen LogP contribution in [0.2, 0.25) is 0 Å². The van der Waals surface area contributed by atoms with Crippen LogP contribution in [0.3, 0.4) is 0 Å². The molecule has 0 aliphatic carbocycles. The van der Waals surface area contributed by atoms with Gasteiger partial charge in [0.15, 0.2) is 0 Å². The summed E-state index contributed by atoms with van der Waals surface area (Å²) < 4.78 is 9.90. The van der Waals surface area contributed by atoms with Gasteiger partial charge in [0.2, 0.25) is 0 Å². The molecule has 3 nitrogen and oxygen atoms in total. The van der Waals surface area contributed by atoms with E-state index in [1.807, 2.05) is 0 Å². The van der Waals surface area contributed by atoms with Gasteiger partial charge in [-0.15, -0.1) is 0 Å². The first-order chi connectivity index (χ1) is 4.00. The Morgan fingerprint density at radius 3 is 2.44 bits per heavy atom. The summed E-state index contributed by atoms with van der Waals surface area (Å²) >= 11 is 0. The molecule has 0 rings (SSSR count). The van der Waals surface area contributed by atoms with Crippen LogP contribution < -0.4 is 5.73 Å². The summed E-state index contributed by atoms with van der Waals surface area (Å²) in [5.41, 5.74) is 6.32. The zero-order chi connectivity index (χ0) is 7.49. The van der Waals surface area contributed by atoms with Crippen molar-refractivity contribution in [1.29, 1.82) is 0 Å². The molecule has 0 aromatic heterocycles. The molecule has 0 aromatic carbocycles. The fourth-order valence-corrected chi connectivity index (χ4v) is 0.583. The SMILES string of the molecule is CC(N)C(C)(O)C#P=O. The van der Waals surface area contributed by atoms with Crippen molar-refractivity contribution < 1.29 is 9.67 Å². The molecule has 0 spiro atoms. The molecule has 9 heavy (non-hydrogen) atoms. The maximum absolute atomic E-state index is 9.90. The number of rotatable bonds is 1. The van der Waals surface area contributed by atoms with Gasteiger partial charge in [-0.1, -0.05) is 0 Å². The van der Waals surface area contributed by atoms with Gasteiger partial charge in [-0.2, -0.15) is 0 Å². The minimum atomic E-state index is -1.25. The number of hydrogen-bond donors (Lipinski definition) is 2. The molecule has 0 fully saturated rings. The standard InChI is InChI=1S/C5H10NO2P/c1-4(6)5(2,7)3-9-8/h4,7H,6H2,1-2H3. The average Bonchev–Trinajstić information content (AvgIpc) is 1.65. The van der Waals surface area contributed by atoms with E-state index in [4.69, 9.17) is 10.8 Å². The van der Waals surface area contributed by atoms with Crippen LogP contribution in [0, 0.1) is 5.63 Å². The molecule has 0 saturated heterocycles. The quantitative estimate of drug-likeness (QED) is 0.525. The molecule has 0 amide bonds. The van der Waals surface area contributed by atoms with Crippen LogP contribution in [0.4, 0.5) is 0 Å². The van der Waals surface area contributed by atoms with Crippen LogP contribution in [0.5, 0.6) is 0 Å². The zero-order valence-corrected chi connectivity index (χ0v) is 6.35. The fraction of sp³-hybridized carbons (Fsp3) is 0.800. The molecule has 52 valence electrons. The third kappa shape index (κ3) is 2.83. The van der Waals surface area contributed by atoms with E-state index in [1.165, 1.54) is 6.92 Å². The molecule has 3 N–H and O–H groups in total. The van der Waals surface area contributed by atoms with E-state index in [2.05, 4.69) is 5.63 Å². The molecule has 0 aromatic rings. The maximum atomic E-state index is 9.90. The molecule has 0 aliphatic heterocycles. The van der Waals surface area contributed by atoms with Crippen molar-refractivity contribution in [3.63, 3.8) is 0 Å². The Hall–Kier alpha value is -0.0700. The van der Waals surface area contributed by atoms with E-state index in [-0.39, 0.29) is 7.92 Å². The van der Waals surface area contributed by atoms with Gasteiger partial charge in [0, 0.05) is 0 Å². The fourth-order valence-electron chi connectivity index (χ4n) is 0.194. The number of aliphatic hydroxyl groups is 1. The molecule has 2 atom stereocenters. The molecule has 0 saturated carbocycles. The molecular weight excluding hydrogens is 137 g/mol. The van der Waals surface area contributed by atoms with Crippen molar-refractivity contribution in [1.82, 2.24) is 0 Å². The van der Waals surface area contributed by atoms with Crippen molar-refractivity contribution >= 4 is 7.92 Å². The Morgan fingerprint density at radius 2 is 2.33 bits per heavy atom. The molecule has 0 heterocycles. The average molecular weight is 147 g/mol. The van der Waals surface area contributed by atoms with Crippen LogP contribution in [0.15, 0.2) is 0 Å². The summed E-state index contributed by atoms with van der Waals surface area (Å²) in [6.45, 7) is 3.08. The Balaban J connectivity index is 4.31. The van der Waals surface area contributed by atoms with Crippen molar-refractivity contribution in [3.8, 4) is 5.63 Å². The van der Waals surface area contributed by atoms with Gasteiger partial charge in [0.05, 0.1) is 0 Å². The van der Waals surface area contributed by atoms with Crippen LogP contribution in [0.25, 0.3) is 0 Å². The van der Waals surface area contributed by atoms with E-state index >= 15 is 0 Å². The molecule has 0 bridgehead atoms. The molecular formula is C5H10NO2P. The van der Waals surface area contributed by atoms with Gasteiger partial charge in [-0.25, -0.2) is 0 Å². The second-order valence-electron chi connectivity index (χ2n) is 2.14. The van der Waals surface area contributed by atoms with E-state index in [1.54, 1.807) is 6.92 Å². The van der Waals surface area contributed by atoms with Gasteiger partial charge in [0.1, 0.15) is 0 Å². The predicted molar refractivity (Wildman–Crippen MR) is 35.8 cm³/mol. The first-order valence-corrected chi connectivity index (χ1v) is 3.39. The third-order valence-corrected chi connectivity index (χ3v) is 1.70. The summed E-state index contributed by atoms with van der Waals surface area (Å²) in [6.07, 6.45) is 0. The summed E-state index contributed by atoms with van der Waals surface area (Å²) in [4.78, 5) is 0. The van der Waals surface area contributed by atoms with E-state index in [0.29, 0.717) is 0 Å². The first-order valence-electron chi connectivity index (χ1n) is 2.58. The van der Waals surface area contributed by atoms with Crippen LogP contribution >= 0.6 is 7.92 Å². The second-order valence-corrected chi connectivity index (χ2v) is 2.55. The number of nitrogens with two attached hydrogens (primary N) is 1. The first kappa shape index (κ1) is 8.93. The van der Waals surface area contributed by atoms with Crippen molar-refractivity contribution in [2.24, 2.45) is 5.73 Å². The summed E-state index contributed by atoms with van der Waals surface area (Å²) in [6, 6.07) is -0.445. The van der Waals surface area contributed by atoms with Crippen LogP contribution in [-0.2, 0) is 4.57 Å². The minimum absolute atomic E-state index is 0.311. The molecule has 0 radical (unpaired) electrons. The van der Waals surface area contributed by atoms with Gasteiger partial charge in [-0.3, -0.25) is 0 Å². The predicted octanol–water partition coefficient (Wildman–Crippen LogP) is 0.336.